The molecule has 0 aliphatic carbocycles. The summed E-state index contributed by atoms with van der Waals surface area (Å²) in [5.74, 6) is 2.63. The van der Waals surface area contributed by atoms with Gasteiger partial charge in [-0.3, -0.25) is 9.78 Å². The van der Waals surface area contributed by atoms with Gasteiger partial charge in [-0.2, -0.15) is 0 Å². The minimum absolute atomic E-state index is 0.178. The van der Waals surface area contributed by atoms with Crippen LogP contribution in [-0.2, 0) is 4.79 Å². The molecule has 3 aromatic rings. The van der Waals surface area contributed by atoms with Crippen molar-refractivity contribution in [3.63, 3.8) is 0 Å². The van der Waals surface area contributed by atoms with Gasteiger partial charge in [0, 0.05) is 32.6 Å². The molecule has 0 bridgehead atoms. The molecule has 1 fully saturated rings. The first-order valence-electron chi connectivity index (χ1n) is 10.2. The summed E-state index contributed by atoms with van der Waals surface area (Å²) in [5, 5.41) is 0. The maximum absolute atomic E-state index is 12.5. The molecule has 4 rings (SSSR count). The van der Waals surface area contributed by atoms with Gasteiger partial charge >= 0.3 is 0 Å². The molecular formula is C23H26N4O3. The van der Waals surface area contributed by atoms with Crippen LogP contribution in [0.3, 0.4) is 0 Å². The molecule has 156 valence electrons. The lowest BCUT2D eigenvalue weighted by atomic mass is 10.2. The number of para-hydroxylation sites is 2. The van der Waals surface area contributed by atoms with Gasteiger partial charge in [-0.05, 0) is 42.8 Å². The van der Waals surface area contributed by atoms with Gasteiger partial charge in [-0.15, -0.1) is 0 Å². The van der Waals surface area contributed by atoms with Gasteiger partial charge in [0.15, 0.2) is 0 Å². The number of anilines is 1. The van der Waals surface area contributed by atoms with Crippen LogP contribution in [0.1, 0.15) is 12.8 Å². The highest BCUT2D eigenvalue weighted by molar-refractivity contribution is 5.77. The summed E-state index contributed by atoms with van der Waals surface area (Å²) in [6, 6.07) is 15.3. The molecule has 0 atom stereocenters. The molecule has 2 heterocycles. The molecule has 1 amide bonds. The Kier molecular flexibility index (Phi) is 6.27. The number of benzene rings is 2. The van der Waals surface area contributed by atoms with Gasteiger partial charge in [0.25, 0.3) is 0 Å². The van der Waals surface area contributed by atoms with Crippen LogP contribution >= 0.6 is 0 Å². The number of methoxy groups -OCH3 is 1. The number of amides is 1. The predicted molar refractivity (Wildman–Crippen MR) is 116 cm³/mol. The van der Waals surface area contributed by atoms with Crippen molar-refractivity contribution in [3.05, 3.63) is 54.7 Å². The number of carbonyl (C=O) groups excluding carboxylic acids is 1. The van der Waals surface area contributed by atoms with Crippen LogP contribution in [0.5, 0.6) is 11.5 Å². The first-order chi connectivity index (χ1) is 14.7. The zero-order valence-corrected chi connectivity index (χ0v) is 17.2. The Morgan fingerprint density at radius 1 is 0.967 bits per heavy atom. The van der Waals surface area contributed by atoms with Crippen LogP contribution in [0.2, 0.25) is 0 Å². The molecule has 7 nitrogen and oxygen atoms in total. The Hall–Kier alpha value is -3.35. The Labute approximate surface area is 176 Å². The first-order valence-corrected chi connectivity index (χ1v) is 10.2. The monoisotopic (exact) mass is 406 g/mol. The van der Waals surface area contributed by atoms with Crippen LogP contribution < -0.4 is 14.4 Å². The minimum Gasteiger partial charge on any atom is -0.497 e. The molecule has 1 aromatic heterocycles. The van der Waals surface area contributed by atoms with Crippen molar-refractivity contribution in [2.75, 3.05) is 44.8 Å². The summed E-state index contributed by atoms with van der Waals surface area (Å²) in [5.41, 5.74) is 1.79. The van der Waals surface area contributed by atoms with Gasteiger partial charge in [0.2, 0.25) is 5.91 Å². The maximum atomic E-state index is 12.5. The van der Waals surface area contributed by atoms with Crippen molar-refractivity contribution in [2.24, 2.45) is 0 Å². The number of piperazine rings is 1. The number of ether oxygens (including phenoxy) is 2. The van der Waals surface area contributed by atoms with E-state index in [9.17, 15) is 4.79 Å². The minimum atomic E-state index is 0.178. The topological polar surface area (TPSA) is 67.8 Å². The van der Waals surface area contributed by atoms with E-state index in [0.717, 1.165) is 41.4 Å². The van der Waals surface area contributed by atoms with Crippen LogP contribution in [0, 0.1) is 0 Å². The molecule has 0 unspecified atom stereocenters. The number of hydrogen-bond acceptors (Lipinski definition) is 6. The SMILES string of the molecule is COc1ccc(OCCCC(=O)N2CCN(c3cnc4ccccc4n3)CC2)cc1. The van der Waals surface area contributed by atoms with Crippen LogP contribution in [0.15, 0.2) is 54.7 Å². The largest absolute Gasteiger partial charge is 0.497 e. The fraction of sp³-hybridized carbons (Fsp3) is 0.348. The summed E-state index contributed by atoms with van der Waals surface area (Å²) in [4.78, 5) is 25.8. The van der Waals surface area contributed by atoms with Crippen molar-refractivity contribution in [1.82, 2.24) is 14.9 Å². The number of carbonyl (C=O) groups is 1. The van der Waals surface area contributed by atoms with Gasteiger partial charge in [-0.1, -0.05) is 12.1 Å². The van der Waals surface area contributed by atoms with E-state index in [1.54, 1.807) is 7.11 Å². The van der Waals surface area contributed by atoms with Gasteiger partial charge < -0.3 is 19.3 Å². The average molecular weight is 406 g/mol. The Morgan fingerprint density at radius 3 is 2.40 bits per heavy atom. The molecular weight excluding hydrogens is 380 g/mol. The second-order valence-electron chi connectivity index (χ2n) is 7.21. The molecule has 1 saturated heterocycles. The summed E-state index contributed by atoms with van der Waals surface area (Å²) < 4.78 is 10.8. The quantitative estimate of drug-likeness (QED) is 0.562. The van der Waals surface area contributed by atoms with E-state index in [2.05, 4.69) is 9.88 Å². The maximum Gasteiger partial charge on any atom is 0.222 e. The van der Waals surface area contributed by atoms with E-state index < -0.39 is 0 Å². The normalized spacial score (nSPS) is 14.0. The molecule has 0 saturated carbocycles. The third-order valence-electron chi connectivity index (χ3n) is 5.26. The highest BCUT2D eigenvalue weighted by Crippen LogP contribution is 2.19. The predicted octanol–water partition coefficient (Wildman–Crippen LogP) is 3.15. The van der Waals surface area contributed by atoms with E-state index in [-0.39, 0.29) is 5.91 Å². The van der Waals surface area contributed by atoms with E-state index in [1.807, 2.05) is 59.6 Å². The molecule has 0 spiro atoms. The summed E-state index contributed by atoms with van der Waals surface area (Å²) in [6.45, 7) is 3.45. The van der Waals surface area contributed by atoms with Gasteiger partial charge in [0.1, 0.15) is 17.3 Å². The molecule has 2 aromatic carbocycles. The lowest BCUT2D eigenvalue weighted by Gasteiger charge is -2.35. The van der Waals surface area contributed by atoms with Crippen molar-refractivity contribution >= 4 is 22.8 Å². The first kappa shape index (κ1) is 19.9. The smallest absolute Gasteiger partial charge is 0.222 e. The molecule has 7 heteroatoms. The van der Waals surface area contributed by atoms with Crippen LogP contribution in [0.25, 0.3) is 11.0 Å². The number of nitrogens with zero attached hydrogens (tertiary/aromatic N) is 4. The Morgan fingerprint density at radius 2 is 1.67 bits per heavy atom. The Bertz CT molecular complexity index is 985. The third-order valence-corrected chi connectivity index (χ3v) is 5.26. The van der Waals surface area contributed by atoms with Crippen LogP contribution in [-0.4, -0.2) is 60.7 Å². The second-order valence-corrected chi connectivity index (χ2v) is 7.21. The lowest BCUT2D eigenvalue weighted by molar-refractivity contribution is -0.131. The zero-order chi connectivity index (χ0) is 20.8. The van der Waals surface area contributed by atoms with E-state index >= 15 is 0 Å². The zero-order valence-electron chi connectivity index (χ0n) is 17.2. The van der Waals surface area contributed by atoms with Crippen molar-refractivity contribution in [1.29, 1.82) is 0 Å². The number of hydrogen-bond donors (Lipinski definition) is 0. The van der Waals surface area contributed by atoms with Crippen molar-refractivity contribution in [3.8, 4) is 11.5 Å². The third kappa shape index (κ3) is 4.79. The molecule has 0 radical (unpaired) electrons. The Balaban J connectivity index is 1.21. The van der Waals surface area contributed by atoms with Gasteiger partial charge in [0.05, 0.1) is 30.9 Å². The highest BCUT2D eigenvalue weighted by atomic mass is 16.5. The number of aromatic nitrogens is 2. The number of rotatable bonds is 7. The van der Waals surface area contributed by atoms with E-state index in [0.29, 0.717) is 32.5 Å². The summed E-state index contributed by atoms with van der Waals surface area (Å²) >= 11 is 0. The van der Waals surface area contributed by atoms with Crippen LogP contribution in [0.4, 0.5) is 5.82 Å². The molecule has 1 aliphatic heterocycles. The lowest BCUT2D eigenvalue weighted by Crippen LogP contribution is -2.49. The van der Waals surface area contributed by atoms with Crippen molar-refractivity contribution in [2.45, 2.75) is 12.8 Å². The van der Waals surface area contributed by atoms with Gasteiger partial charge in [-0.25, -0.2) is 4.98 Å². The molecule has 30 heavy (non-hydrogen) atoms. The molecule has 0 N–H and O–H groups in total. The molecule has 1 aliphatic rings. The average Bonchev–Trinajstić information content (AvgIpc) is 2.82. The summed E-state index contributed by atoms with van der Waals surface area (Å²) in [7, 11) is 1.64. The second kappa shape index (κ2) is 9.43. The fourth-order valence-electron chi connectivity index (χ4n) is 3.53. The number of fused-ring (bicyclic) bond motifs is 1. The highest BCUT2D eigenvalue weighted by Gasteiger charge is 2.22. The van der Waals surface area contributed by atoms with Crippen molar-refractivity contribution < 1.29 is 14.3 Å². The standard InChI is InChI=1S/C23H26N4O3/c1-29-18-8-10-19(11-9-18)30-16-4-7-23(28)27-14-12-26(13-15-27)22-17-24-20-5-2-3-6-21(20)25-22/h2-3,5-6,8-11,17H,4,7,12-16H2,1H3. The van der Waals surface area contributed by atoms with E-state index in [4.69, 9.17) is 14.5 Å². The van der Waals surface area contributed by atoms with E-state index in [1.165, 1.54) is 0 Å². The fourth-order valence-corrected chi connectivity index (χ4v) is 3.53. The summed E-state index contributed by atoms with van der Waals surface area (Å²) in [6.07, 6.45) is 3.00.